The van der Waals surface area contributed by atoms with Crippen LogP contribution in [0.2, 0.25) is 0 Å². The molecule has 0 saturated heterocycles. The van der Waals surface area contributed by atoms with E-state index in [2.05, 4.69) is 25.9 Å². The molecule has 1 aliphatic rings. The van der Waals surface area contributed by atoms with Crippen molar-refractivity contribution in [3.63, 3.8) is 0 Å². The van der Waals surface area contributed by atoms with Crippen LogP contribution in [0.4, 0.5) is 4.39 Å². The molecule has 1 aromatic carbocycles. The Labute approximate surface area is 124 Å². The second kappa shape index (κ2) is 4.98. The lowest BCUT2D eigenvalue weighted by atomic mass is 10.00. The lowest BCUT2D eigenvalue weighted by molar-refractivity contribution is 0.426. The topological polar surface area (TPSA) is 45.5 Å². The SMILES string of the molecule is Cc1nccc2c1CN=C2Cc1ccc(Br)c(O)c1F. The fourth-order valence-corrected chi connectivity index (χ4v) is 2.68. The maximum atomic E-state index is 14.0. The summed E-state index contributed by atoms with van der Waals surface area (Å²) in [6, 6.07) is 5.21. The highest BCUT2D eigenvalue weighted by atomic mass is 79.9. The average Bonchev–Trinajstić information content (AvgIpc) is 2.84. The normalized spacial score (nSPS) is 13.2. The monoisotopic (exact) mass is 334 g/mol. The van der Waals surface area contributed by atoms with E-state index in [1.165, 1.54) is 0 Å². The van der Waals surface area contributed by atoms with Crippen LogP contribution in [0.15, 0.2) is 33.9 Å². The van der Waals surface area contributed by atoms with Gasteiger partial charge in [0.15, 0.2) is 11.6 Å². The molecule has 2 aromatic rings. The lowest BCUT2D eigenvalue weighted by Crippen LogP contribution is -2.06. The van der Waals surface area contributed by atoms with Crippen LogP contribution in [0.5, 0.6) is 5.75 Å². The van der Waals surface area contributed by atoms with Gasteiger partial charge < -0.3 is 5.11 Å². The summed E-state index contributed by atoms with van der Waals surface area (Å²) < 4.78 is 14.4. The first-order valence-corrected chi connectivity index (χ1v) is 7.01. The lowest BCUT2D eigenvalue weighted by Gasteiger charge is -2.08. The second-order valence-corrected chi connectivity index (χ2v) is 5.59. The number of phenolic OH excluding ortho intramolecular Hbond substituents is 1. The highest BCUT2D eigenvalue weighted by Gasteiger charge is 2.20. The van der Waals surface area contributed by atoms with Gasteiger partial charge in [0, 0.05) is 35.2 Å². The molecule has 0 unspecified atom stereocenters. The molecule has 102 valence electrons. The van der Waals surface area contributed by atoms with Gasteiger partial charge in [-0.2, -0.15) is 0 Å². The Morgan fingerprint density at radius 2 is 2.15 bits per heavy atom. The summed E-state index contributed by atoms with van der Waals surface area (Å²) in [5.41, 5.74) is 4.36. The van der Waals surface area contributed by atoms with Crippen molar-refractivity contribution in [1.82, 2.24) is 4.98 Å². The molecule has 0 amide bonds. The number of nitrogens with zero attached hydrogens (tertiary/aromatic N) is 2. The Morgan fingerprint density at radius 3 is 2.95 bits per heavy atom. The van der Waals surface area contributed by atoms with Crippen LogP contribution in [-0.4, -0.2) is 15.8 Å². The third-order valence-corrected chi connectivity index (χ3v) is 4.15. The summed E-state index contributed by atoms with van der Waals surface area (Å²) in [5.74, 6) is -0.950. The van der Waals surface area contributed by atoms with Crippen LogP contribution in [0.3, 0.4) is 0 Å². The van der Waals surface area contributed by atoms with Gasteiger partial charge in [0.2, 0.25) is 0 Å². The summed E-state index contributed by atoms with van der Waals surface area (Å²) >= 11 is 3.10. The Balaban J connectivity index is 1.96. The number of phenols is 1. The quantitative estimate of drug-likeness (QED) is 0.912. The number of hydrogen-bond donors (Lipinski definition) is 1. The minimum atomic E-state index is -0.596. The Hall–Kier alpha value is -1.75. The van der Waals surface area contributed by atoms with E-state index >= 15 is 0 Å². The van der Waals surface area contributed by atoms with Crippen molar-refractivity contribution in [2.24, 2.45) is 4.99 Å². The third-order valence-electron chi connectivity index (χ3n) is 3.51. The van der Waals surface area contributed by atoms with E-state index in [9.17, 15) is 9.50 Å². The number of fused-ring (bicyclic) bond motifs is 1. The number of pyridine rings is 1. The minimum Gasteiger partial charge on any atom is -0.504 e. The van der Waals surface area contributed by atoms with Gasteiger partial charge >= 0.3 is 0 Å². The van der Waals surface area contributed by atoms with E-state index in [1.807, 2.05) is 13.0 Å². The number of benzene rings is 1. The Bertz CT molecular complexity index is 728. The van der Waals surface area contributed by atoms with Crippen molar-refractivity contribution in [2.75, 3.05) is 0 Å². The average molecular weight is 335 g/mol. The first-order chi connectivity index (χ1) is 9.58. The molecule has 0 saturated carbocycles. The number of aliphatic imine (C=N–C) groups is 1. The zero-order valence-corrected chi connectivity index (χ0v) is 12.4. The molecule has 0 fully saturated rings. The molecule has 0 spiro atoms. The van der Waals surface area contributed by atoms with Gasteiger partial charge in [0.05, 0.1) is 11.0 Å². The molecule has 3 nitrogen and oxygen atoms in total. The van der Waals surface area contributed by atoms with Crippen LogP contribution in [0, 0.1) is 12.7 Å². The maximum Gasteiger partial charge on any atom is 0.169 e. The molecular formula is C15H12BrFN2O. The zero-order valence-electron chi connectivity index (χ0n) is 10.8. The van der Waals surface area contributed by atoms with E-state index in [0.29, 0.717) is 23.0 Å². The summed E-state index contributed by atoms with van der Waals surface area (Å²) in [6.07, 6.45) is 2.10. The largest absolute Gasteiger partial charge is 0.504 e. The molecule has 5 heteroatoms. The van der Waals surface area contributed by atoms with Gasteiger partial charge in [0.25, 0.3) is 0 Å². The number of rotatable bonds is 2. The minimum absolute atomic E-state index is 0.354. The number of aromatic nitrogens is 1. The van der Waals surface area contributed by atoms with Crippen molar-refractivity contribution >= 4 is 21.6 Å². The van der Waals surface area contributed by atoms with Crippen LogP contribution in [0.1, 0.15) is 22.4 Å². The van der Waals surface area contributed by atoms with Gasteiger partial charge in [-0.1, -0.05) is 6.07 Å². The Morgan fingerprint density at radius 1 is 1.35 bits per heavy atom. The fraction of sp³-hybridized carbons (Fsp3) is 0.200. The van der Waals surface area contributed by atoms with Crippen molar-refractivity contribution in [1.29, 1.82) is 0 Å². The van der Waals surface area contributed by atoms with Crippen LogP contribution in [0.25, 0.3) is 0 Å². The van der Waals surface area contributed by atoms with E-state index in [0.717, 1.165) is 22.5 Å². The van der Waals surface area contributed by atoms with Gasteiger partial charge in [-0.15, -0.1) is 0 Å². The van der Waals surface area contributed by atoms with E-state index < -0.39 is 5.82 Å². The molecule has 0 radical (unpaired) electrons. The smallest absolute Gasteiger partial charge is 0.169 e. The highest BCUT2D eigenvalue weighted by molar-refractivity contribution is 9.10. The first-order valence-electron chi connectivity index (χ1n) is 6.22. The van der Waals surface area contributed by atoms with Gasteiger partial charge in [-0.25, -0.2) is 4.39 Å². The summed E-state index contributed by atoms with van der Waals surface area (Å²) in [7, 11) is 0. The molecule has 20 heavy (non-hydrogen) atoms. The predicted molar refractivity (Wildman–Crippen MR) is 78.7 cm³/mol. The van der Waals surface area contributed by atoms with Crippen molar-refractivity contribution < 1.29 is 9.50 Å². The van der Waals surface area contributed by atoms with Crippen molar-refractivity contribution in [3.8, 4) is 5.75 Å². The van der Waals surface area contributed by atoms with Gasteiger partial charge in [0.1, 0.15) is 0 Å². The molecule has 1 N–H and O–H groups in total. The molecule has 1 aromatic heterocycles. The summed E-state index contributed by atoms with van der Waals surface area (Å²) in [4.78, 5) is 8.71. The number of halogens is 2. The molecule has 0 bridgehead atoms. The zero-order chi connectivity index (χ0) is 14.3. The van der Waals surface area contributed by atoms with Crippen LogP contribution < -0.4 is 0 Å². The van der Waals surface area contributed by atoms with E-state index in [1.54, 1.807) is 18.3 Å². The van der Waals surface area contributed by atoms with Crippen LogP contribution in [-0.2, 0) is 13.0 Å². The maximum absolute atomic E-state index is 14.0. The molecule has 0 atom stereocenters. The van der Waals surface area contributed by atoms with Crippen molar-refractivity contribution in [3.05, 3.63) is 57.1 Å². The third kappa shape index (κ3) is 2.12. The predicted octanol–water partition coefficient (Wildman–Crippen LogP) is 3.54. The number of aryl methyl sites for hydroxylation is 1. The fourth-order valence-electron chi connectivity index (χ4n) is 2.38. The number of aromatic hydroxyl groups is 1. The molecule has 1 aliphatic heterocycles. The Kier molecular flexibility index (Phi) is 3.30. The molecule has 0 aliphatic carbocycles. The van der Waals surface area contributed by atoms with Gasteiger partial charge in [-0.3, -0.25) is 9.98 Å². The standard InChI is InChI=1S/C15H12BrFN2O/c1-8-11-7-19-13(10(11)4-5-18-8)6-9-2-3-12(16)15(20)14(9)17/h2-5,20H,6-7H2,1H3. The van der Waals surface area contributed by atoms with Crippen LogP contribution >= 0.6 is 15.9 Å². The van der Waals surface area contributed by atoms with Gasteiger partial charge in [-0.05, 0) is 40.5 Å². The van der Waals surface area contributed by atoms with E-state index in [-0.39, 0.29) is 5.75 Å². The second-order valence-electron chi connectivity index (χ2n) is 4.73. The molecular weight excluding hydrogens is 323 g/mol. The van der Waals surface area contributed by atoms with Crippen molar-refractivity contribution in [2.45, 2.75) is 19.9 Å². The number of hydrogen-bond acceptors (Lipinski definition) is 3. The molecule has 2 heterocycles. The summed E-state index contributed by atoms with van der Waals surface area (Å²) in [5, 5.41) is 9.63. The highest BCUT2D eigenvalue weighted by Crippen LogP contribution is 2.30. The first kappa shape index (κ1) is 13.2. The molecule has 3 rings (SSSR count). The van der Waals surface area contributed by atoms with E-state index in [4.69, 9.17) is 0 Å². The summed E-state index contributed by atoms with van der Waals surface area (Å²) in [6.45, 7) is 2.54.